The fourth-order valence-electron chi connectivity index (χ4n) is 1.87. The second-order valence-electron chi connectivity index (χ2n) is 4.42. The van der Waals surface area contributed by atoms with Crippen molar-refractivity contribution < 1.29 is 18.0 Å². The van der Waals surface area contributed by atoms with Gasteiger partial charge in [-0.25, -0.2) is 4.98 Å². The highest BCUT2D eigenvalue weighted by atomic mass is 19.4. The van der Waals surface area contributed by atoms with Gasteiger partial charge in [-0.1, -0.05) is 6.07 Å². The highest BCUT2D eigenvalue weighted by Crippen LogP contribution is 2.33. The van der Waals surface area contributed by atoms with E-state index in [1.54, 1.807) is 7.05 Å². The number of benzene rings is 1. The van der Waals surface area contributed by atoms with Crippen molar-refractivity contribution in [3.63, 3.8) is 0 Å². The van der Waals surface area contributed by atoms with Gasteiger partial charge in [0, 0.05) is 19.3 Å². The number of nitrogens with one attached hydrogen (secondary N) is 1. The summed E-state index contributed by atoms with van der Waals surface area (Å²) in [4.78, 5) is 15.7. The van der Waals surface area contributed by atoms with Crippen LogP contribution in [0, 0.1) is 0 Å². The van der Waals surface area contributed by atoms with Crippen LogP contribution in [-0.2, 0) is 19.8 Å². The second-order valence-corrected chi connectivity index (χ2v) is 4.42. The molecule has 21 heavy (non-hydrogen) atoms. The third-order valence-corrected chi connectivity index (χ3v) is 2.94. The molecule has 1 aromatic carbocycles. The number of rotatable bonds is 3. The van der Waals surface area contributed by atoms with E-state index in [4.69, 9.17) is 5.73 Å². The Hall–Kier alpha value is -2.35. The Morgan fingerprint density at radius 1 is 1.43 bits per heavy atom. The van der Waals surface area contributed by atoms with Crippen molar-refractivity contribution in [1.29, 1.82) is 0 Å². The summed E-state index contributed by atoms with van der Waals surface area (Å²) in [7, 11) is 1.61. The second kappa shape index (κ2) is 5.57. The number of alkyl halides is 3. The smallest absolute Gasteiger partial charge is 0.330 e. The number of carbonyl (C=O) groups excluding carboxylic acids is 1. The fraction of sp³-hybridized carbons (Fsp3) is 0.231. The van der Waals surface area contributed by atoms with Crippen LogP contribution < -0.4 is 11.1 Å². The predicted molar refractivity (Wildman–Crippen MR) is 70.5 cm³/mol. The molecule has 2 rings (SSSR count). The standard InChI is InChI=1S/C13H13F3N4O/c1-20-7-18-6-11(20)12(21)19-9-3-2-8(5-17)10(4-9)13(14,15)16/h2-4,6-7H,5,17H2,1H3,(H,19,21). The first-order valence-electron chi connectivity index (χ1n) is 6.00. The molecule has 0 bridgehead atoms. The first-order chi connectivity index (χ1) is 9.82. The molecule has 8 heteroatoms. The van der Waals surface area contributed by atoms with Crippen LogP contribution in [0.1, 0.15) is 21.6 Å². The number of hydrogen-bond acceptors (Lipinski definition) is 3. The summed E-state index contributed by atoms with van der Waals surface area (Å²) in [6.45, 7) is -0.231. The van der Waals surface area contributed by atoms with Crippen LogP contribution in [0.3, 0.4) is 0 Å². The Balaban J connectivity index is 2.30. The topological polar surface area (TPSA) is 72.9 Å². The normalized spacial score (nSPS) is 11.5. The van der Waals surface area contributed by atoms with Gasteiger partial charge in [0.2, 0.25) is 0 Å². The van der Waals surface area contributed by atoms with Crippen LogP contribution in [0.25, 0.3) is 0 Å². The van der Waals surface area contributed by atoms with Gasteiger partial charge >= 0.3 is 6.18 Å². The molecular formula is C13H13F3N4O. The van der Waals surface area contributed by atoms with Gasteiger partial charge in [0.05, 0.1) is 18.1 Å². The van der Waals surface area contributed by atoms with Crippen molar-refractivity contribution in [2.24, 2.45) is 12.8 Å². The number of hydrogen-bond donors (Lipinski definition) is 2. The highest BCUT2D eigenvalue weighted by Gasteiger charge is 2.33. The molecule has 112 valence electrons. The van der Waals surface area contributed by atoms with Gasteiger partial charge < -0.3 is 15.6 Å². The van der Waals surface area contributed by atoms with E-state index < -0.39 is 17.6 Å². The molecule has 0 fully saturated rings. The van der Waals surface area contributed by atoms with Crippen LogP contribution in [0.5, 0.6) is 0 Å². The number of carbonyl (C=O) groups is 1. The summed E-state index contributed by atoms with van der Waals surface area (Å²) in [5.41, 5.74) is 4.71. The molecule has 5 nitrogen and oxygen atoms in total. The minimum atomic E-state index is -4.53. The molecule has 2 aromatic rings. The lowest BCUT2D eigenvalue weighted by Crippen LogP contribution is -2.17. The van der Waals surface area contributed by atoms with Crippen LogP contribution in [0.15, 0.2) is 30.7 Å². The summed E-state index contributed by atoms with van der Waals surface area (Å²) >= 11 is 0. The third kappa shape index (κ3) is 3.22. The summed E-state index contributed by atoms with van der Waals surface area (Å²) in [5.74, 6) is -0.538. The lowest BCUT2D eigenvalue weighted by Gasteiger charge is -2.14. The van der Waals surface area contributed by atoms with Crippen LogP contribution in [0.4, 0.5) is 18.9 Å². The van der Waals surface area contributed by atoms with E-state index in [0.29, 0.717) is 0 Å². The first-order valence-corrected chi connectivity index (χ1v) is 6.00. The molecule has 0 radical (unpaired) electrons. The molecule has 0 aliphatic rings. The summed E-state index contributed by atoms with van der Waals surface area (Å²) < 4.78 is 40.2. The minimum absolute atomic E-state index is 0.0268. The number of aromatic nitrogens is 2. The van der Waals surface area contributed by atoms with Gasteiger partial charge in [0.25, 0.3) is 5.91 Å². The average molecular weight is 298 g/mol. The van der Waals surface area contributed by atoms with Gasteiger partial charge in [-0.2, -0.15) is 13.2 Å². The van der Waals surface area contributed by atoms with E-state index in [1.807, 2.05) is 0 Å². The van der Waals surface area contributed by atoms with Crippen LogP contribution >= 0.6 is 0 Å². The predicted octanol–water partition coefficient (Wildman–Crippen LogP) is 2.15. The highest BCUT2D eigenvalue weighted by molar-refractivity contribution is 6.03. The molecule has 1 amide bonds. The van der Waals surface area contributed by atoms with E-state index in [-0.39, 0.29) is 23.5 Å². The zero-order valence-corrected chi connectivity index (χ0v) is 11.1. The minimum Gasteiger partial charge on any atom is -0.330 e. The summed E-state index contributed by atoms with van der Waals surface area (Å²) in [5, 5.41) is 2.41. The van der Waals surface area contributed by atoms with Crippen molar-refractivity contribution >= 4 is 11.6 Å². The molecule has 0 aliphatic heterocycles. The maximum Gasteiger partial charge on any atom is 0.416 e. The van der Waals surface area contributed by atoms with Crippen molar-refractivity contribution in [2.45, 2.75) is 12.7 Å². The van der Waals surface area contributed by atoms with Gasteiger partial charge in [-0.15, -0.1) is 0 Å². The number of nitrogens with two attached hydrogens (primary N) is 1. The Labute approximate surface area is 118 Å². The zero-order valence-electron chi connectivity index (χ0n) is 11.1. The first kappa shape index (κ1) is 15.0. The van der Waals surface area contributed by atoms with E-state index in [2.05, 4.69) is 10.3 Å². The third-order valence-electron chi connectivity index (χ3n) is 2.94. The lowest BCUT2D eigenvalue weighted by atomic mass is 10.1. The molecule has 0 atom stereocenters. The molecule has 3 N–H and O–H groups in total. The van der Waals surface area contributed by atoms with Gasteiger partial charge in [0.1, 0.15) is 5.69 Å². The number of aryl methyl sites for hydroxylation is 1. The van der Waals surface area contributed by atoms with E-state index in [1.165, 1.54) is 29.2 Å². The van der Waals surface area contributed by atoms with Gasteiger partial charge in [-0.3, -0.25) is 4.79 Å². The number of anilines is 1. The Bertz CT molecular complexity index is 664. The molecule has 0 aliphatic carbocycles. The molecule has 0 saturated carbocycles. The Morgan fingerprint density at radius 3 is 2.67 bits per heavy atom. The van der Waals surface area contributed by atoms with Crippen LogP contribution in [-0.4, -0.2) is 15.5 Å². The molecular weight excluding hydrogens is 285 g/mol. The van der Waals surface area contributed by atoms with Crippen LogP contribution in [0.2, 0.25) is 0 Å². The average Bonchev–Trinajstić information content (AvgIpc) is 2.84. The number of nitrogens with zero attached hydrogens (tertiary/aromatic N) is 2. The van der Waals surface area contributed by atoms with E-state index >= 15 is 0 Å². The SMILES string of the molecule is Cn1cncc1C(=O)Nc1ccc(CN)c(C(F)(F)F)c1. The molecule has 0 unspecified atom stereocenters. The molecule has 0 saturated heterocycles. The Morgan fingerprint density at radius 2 is 2.14 bits per heavy atom. The zero-order chi connectivity index (χ0) is 15.6. The largest absolute Gasteiger partial charge is 0.416 e. The Kier molecular flexibility index (Phi) is 3.99. The summed E-state index contributed by atoms with van der Waals surface area (Å²) in [6.07, 6.45) is -1.77. The maximum atomic E-state index is 12.9. The molecule has 0 spiro atoms. The molecule has 1 aromatic heterocycles. The summed E-state index contributed by atoms with van der Waals surface area (Å²) in [6, 6.07) is 3.50. The monoisotopic (exact) mass is 298 g/mol. The van der Waals surface area contributed by atoms with E-state index in [9.17, 15) is 18.0 Å². The van der Waals surface area contributed by atoms with E-state index in [0.717, 1.165) is 6.07 Å². The van der Waals surface area contributed by atoms with Crippen molar-refractivity contribution in [1.82, 2.24) is 9.55 Å². The number of amides is 1. The van der Waals surface area contributed by atoms with Gasteiger partial charge in [-0.05, 0) is 17.7 Å². The number of halogens is 3. The number of imidazole rings is 1. The maximum absolute atomic E-state index is 12.9. The quantitative estimate of drug-likeness (QED) is 0.912. The van der Waals surface area contributed by atoms with Crippen molar-refractivity contribution in [3.05, 3.63) is 47.5 Å². The van der Waals surface area contributed by atoms with Crippen molar-refractivity contribution in [2.75, 3.05) is 5.32 Å². The lowest BCUT2D eigenvalue weighted by molar-refractivity contribution is -0.138. The molecule has 1 heterocycles. The van der Waals surface area contributed by atoms with Crippen molar-refractivity contribution in [3.8, 4) is 0 Å². The van der Waals surface area contributed by atoms with Gasteiger partial charge in [0.15, 0.2) is 0 Å². The fourth-order valence-corrected chi connectivity index (χ4v) is 1.87.